The smallest absolute Gasteiger partial charge is 0.120 e. The van der Waals surface area contributed by atoms with Crippen LogP contribution in [0.2, 0.25) is 0 Å². The maximum absolute atomic E-state index is 5.83. The molecule has 0 unspecified atom stereocenters. The van der Waals surface area contributed by atoms with Gasteiger partial charge in [0.25, 0.3) is 0 Å². The fraction of sp³-hybridized carbons (Fsp3) is 0.188. The zero-order valence-corrected chi connectivity index (χ0v) is 11.1. The predicted molar refractivity (Wildman–Crippen MR) is 76.2 cm³/mol. The molecule has 3 aromatic rings. The van der Waals surface area contributed by atoms with Crippen LogP contribution < -0.4 is 4.74 Å². The zero-order chi connectivity index (χ0) is 13.2. The molecule has 3 nitrogen and oxygen atoms in total. The number of rotatable bonds is 3. The van der Waals surface area contributed by atoms with E-state index in [0.717, 1.165) is 22.3 Å². The summed E-state index contributed by atoms with van der Waals surface area (Å²) in [5.41, 5.74) is 3.33. The second-order valence-electron chi connectivity index (χ2n) is 4.66. The zero-order valence-electron chi connectivity index (χ0n) is 11.1. The second kappa shape index (κ2) is 4.76. The van der Waals surface area contributed by atoms with Crippen LogP contribution in [0, 0.1) is 6.92 Å². The van der Waals surface area contributed by atoms with Gasteiger partial charge in [-0.05, 0) is 30.7 Å². The number of ether oxygens (including phenoxy) is 1. The van der Waals surface area contributed by atoms with Crippen LogP contribution in [0.15, 0.2) is 48.5 Å². The van der Waals surface area contributed by atoms with Crippen LogP contribution in [0.3, 0.4) is 0 Å². The SMILES string of the molecule is Cc1nn(C)c2ccc(OCc3ccccc3)cc12. The van der Waals surface area contributed by atoms with Gasteiger partial charge in [-0.15, -0.1) is 0 Å². The topological polar surface area (TPSA) is 27.1 Å². The van der Waals surface area contributed by atoms with Crippen molar-refractivity contribution >= 4 is 10.9 Å². The van der Waals surface area contributed by atoms with E-state index in [4.69, 9.17) is 4.74 Å². The summed E-state index contributed by atoms with van der Waals surface area (Å²) >= 11 is 0. The molecule has 2 aromatic carbocycles. The Morgan fingerprint density at radius 2 is 1.89 bits per heavy atom. The average molecular weight is 252 g/mol. The van der Waals surface area contributed by atoms with Gasteiger partial charge >= 0.3 is 0 Å². The Bertz CT molecular complexity index is 701. The third kappa shape index (κ3) is 2.32. The van der Waals surface area contributed by atoms with Gasteiger partial charge in [0.05, 0.1) is 11.2 Å². The van der Waals surface area contributed by atoms with Gasteiger partial charge in [-0.1, -0.05) is 30.3 Å². The first-order valence-electron chi connectivity index (χ1n) is 6.34. The van der Waals surface area contributed by atoms with Crippen molar-refractivity contribution < 1.29 is 4.74 Å². The van der Waals surface area contributed by atoms with Gasteiger partial charge in [-0.25, -0.2) is 0 Å². The van der Waals surface area contributed by atoms with Crippen LogP contribution in [-0.4, -0.2) is 9.78 Å². The Morgan fingerprint density at radius 1 is 1.11 bits per heavy atom. The minimum absolute atomic E-state index is 0.589. The molecule has 0 aliphatic carbocycles. The molecular formula is C16H16N2O. The van der Waals surface area contributed by atoms with E-state index in [-0.39, 0.29) is 0 Å². The maximum atomic E-state index is 5.83. The number of nitrogens with zero attached hydrogens (tertiary/aromatic N) is 2. The number of aryl methyl sites for hydroxylation is 2. The van der Waals surface area contributed by atoms with Crippen LogP contribution >= 0.6 is 0 Å². The third-order valence-corrected chi connectivity index (χ3v) is 3.25. The second-order valence-corrected chi connectivity index (χ2v) is 4.66. The Hall–Kier alpha value is -2.29. The summed E-state index contributed by atoms with van der Waals surface area (Å²) in [6.45, 7) is 2.61. The molecule has 0 fully saturated rings. The van der Waals surface area contributed by atoms with Gasteiger partial charge in [0.15, 0.2) is 0 Å². The van der Waals surface area contributed by atoms with Gasteiger partial charge in [0, 0.05) is 12.4 Å². The minimum Gasteiger partial charge on any atom is -0.489 e. The van der Waals surface area contributed by atoms with E-state index >= 15 is 0 Å². The van der Waals surface area contributed by atoms with Crippen molar-refractivity contribution in [2.75, 3.05) is 0 Å². The van der Waals surface area contributed by atoms with E-state index in [1.807, 2.05) is 42.9 Å². The van der Waals surface area contributed by atoms with Crippen molar-refractivity contribution in [3.8, 4) is 5.75 Å². The van der Waals surface area contributed by atoms with Gasteiger partial charge < -0.3 is 4.74 Å². The molecule has 0 aliphatic heterocycles. The predicted octanol–water partition coefficient (Wildman–Crippen LogP) is 3.46. The monoisotopic (exact) mass is 252 g/mol. The third-order valence-electron chi connectivity index (χ3n) is 3.25. The normalized spacial score (nSPS) is 10.8. The summed E-state index contributed by atoms with van der Waals surface area (Å²) < 4.78 is 7.72. The molecule has 96 valence electrons. The lowest BCUT2D eigenvalue weighted by atomic mass is 10.2. The summed E-state index contributed by atoms with van der Waals surface area (Å²) in [6.07, 6.45) is 0. The molecule has 0 radical (unpaired) electrons. The largest absolute Gasteiger partial charge is 0.489 e. The average Bonchev–Trinajstić information content (AvgIpc) is 2.73. The van der Waals surface area contributed by atoms with E-state index in [2.05, 4.69) is 29.4 Å². The Kier molecular flexibility index (Phi) is 2.95. The van der Waals surface area contributed by atoms with Crippen molar-refractivity contribution in [3.63, 3.8) is 0 Å². The molecular weight excluding hydrogens is 236 g/mol. The number of benzene rings is 2. The maximum Gasteiger partial charge on any atom is 0.120 e. The Labute approximate surface area is 112 Å². The number of fused-ring (bicyclic) bond motifs is 1. The highest BCUT2D eigenvalue weighted by atomic mass is 16.5. The summed E-state index contributed by atoms with van der Waals surface area (Å²) in [4.78, 5) is 0. The molecule has 0 N–H and O–H groups in total. The van der Waals surface area contributed by atoms with E-state index < -0.39 is 0 Å². The number of aromatic nitrogens is 2. The lowest BCUT2D eigenvalue weighted by Crippen LogP contribution is -1.95. The summed E-state index contributed by atoms with van der Waals surface area (Å²) in [7, 11) is 1.96. The quantitative estimate of drug-likeness (QED) is 0.713. The first kappa shape index (κ1) is 11.8. The summed E-state index contributed by atoms with van der Waals surface area (Å²) in [5.74, 6) is 0.882. The van der Waals surface area contributed by atoms with E-state index in [0.29, 0.717) is 6.61 Å². The molecule has 0 spiro atoms. The van der Waals surface area contributed by atoms with E-state index in [1.54, 1.807) is 0 Å². The van der Waals surface area contributed by atoms with Gasteiger partial charge in [0.2, 0.25) is 0 Å². The summed E-state index contributed by atoms with van der Waals surface area (Å²) in [6, 6.07) is 16.3. The molecule has 3 heteroatoms. The minimum atomic E-state index is 0.589. The van der Waals surface area contributed by atoms with Crippen LogP contribution in [-0.2, 0) is 13.7 Å². The number of hydrogen-bond acceptors (Lipinski definition) is 2. The van der Waals surface area contributed by atoms with Crippen molar-refractivity contribution in [1.82, 2.24) is 9.78 Å². The van der Waals surface area contributed by atoms with Gasteiger partial charge in [0.1, 0.15) is 12.4 Å². The van der Waals surface area contributed by atoms with E-state index in [9.17, 15) is 0 Å². The molecule has 0 aliphatic rings. The van der Waals surface area contributed by atoms with Crippen molar-refractivity contribution in [3.05, 3.63) is 59.8 Å². The van der Waals surface area contributed by atoms with Crippen LogP contribution in [0.1, 0.15) is 11.3 Å². The first-order chi connectivity index (χ1) is 9.24. The first-order valence-corrected chi connectivity index (χ1v) is 6.34. The standard InChI is InChI=1S/C16H16N2O/c1-12-15-10-14(8-9-16(15)18(2)17-12)19-11-13-6-4-3-5-7-13/h3-10H,11H2,1-2H3. The number of hydrogen-bond donors (Lipinski definition) is 0. The van der Waals surface area contributed by atoms with Crippen LogP contribution in [0.25, 0.3) is 10.9 Å². The Morgan fingerprint density at radius 3 is 2.68 bits per heavy atom. The fourth-order valence-corrected chi connectivity index (χ4v) is 2.25. The van der Waals surface area contributed by atoms with Crippen LogP contribution in [0.5, 0.6) is 5.75 Å². The lowest BCUT2D eigenvalue weighted by Gasteiger charge is -2.06. The Balaban J connectivity index is 1.84. The molecule has 1 heterocycles. The van der Waals surface area contributed by atoms with Crippen molar-refractivity contribution in [1.29, 1.82) is 0 Å². The van der Waals surface area contributed by atoms with E-state index in [1.165, 1.54) is 5.56 Å². The molecule has 0 bridgehead atoms. The fourth-order valence-electron chi connectivity index (χ4n) is 2.25. The lowest BCUT2D eigenvalue weighted by molar-refractivity contribution is 0.306. The highest BCUT2D eigenvalue weighted by molar-refractivity contribution is 5.83. The molecule has 0 saturated heterocycles. The molecule has 0 atom stereocenters. The van der Waals surface area contributed by atoms with Gasteiger partial charge in [-0.3, -0.25) is 4.68 Å². The molecule has 0 amide bonds. The van der Waals surface area contributed by atoms with Crippen LogP contribution in [0.4, 0.5) is 0 Å². The highest BCUT2D eigenvalue weighted by Gasteiger charge is 2.06. The summed E-state index contributed by atoms with van der Waals surface area (Å²) in [5, 5.41) is 5.56. The molecule has 1 aromatic heterocycles. The van der Waals surface area contributed by atoms with Gasteiger partial charge in [-0.2, -0.15) is 5.10 Å². The molecule has 0 saturated carbocycles. The van der Waals surface area contributed by atoms with Crippen molar-refractivity contribution in [2.24, 2.45) is 7.05 Å². The molecule has 3 rings (SSSR count). The highest BCUT2D eigenvalue weighted by Crippen LogP contribution is 2.23. The van der Waals surface area contributed by atoms with Crippen molar-refractivity contribution in [2.45, 2.75) is 13.5 Å². The molecule has 19 heavy (non-hydrogen) atoms.